The number of nitrogens with two attached hydrogens (primary N) is 1. The van der Waals surface area contributed by atoms with E-state index in [2.05, 4.69) is 6.07 Å². The largest absolute Gasteiger partial charge is 0.497 e. The van der Waals surface area contributed by atoms with Crippen LogP contribution in [-0.4, -0.2) is 20.3 Å². The molecule has 0 spiro atoms. The van der Waals surface area contributed by atoms with Crippen molar-refractivity contribution in [3.05, 3.63) is 59.1 Å². The maximum absolute atomic E-state index is 6.02. The number of halogens is 1. The van der Waals surface area contributed by atoms with Gasteiger partial charge in [-0.25, -0.2) is 0 Å². The Morgan fingerprint density at radius 2 is 1.81 bits per heavy atom. The van der Waals surface area contributed by atoms with Gasteiger partial charge in [-0.1, -0.05) is 23.7 Å². The first-order valence-electron chi connectivity index (χ1n) is 6.95. The van der Waals surface area contributed by atoms with Crippen LogP contribution in [0.15, 0.2) is 48.5 Å². The molecular formula is C17H20ClNO2. The molecule has 0 heterocycles. The number of rotatable bonds is 7. The molecule has 112 valence electrons. The highest BCUT2D eigenvalue weighted by molar-refractivity contribution is 6.30. The normalized spacial score (nSPS) is 12.0. The van der Waals surface area contributed by atoms with Gasteiger partial charge in [-0.05, 0) is 60.8 Å². The van der Waals surface area contributed by atoms with Crippen LogP contribution in [0.4, 0.5) is 0 Å². The van der Waals surface area contributed by atoms with Gasteiger partial charge in [-0.15, -0.1) is 0 Å². The van der Waals surface area contributed by atoms with Gasteiger partial charge in [0.25, 0.3) is 0 Å². The molecule has 0 aliphatic heterocycles. The van der Waals surface area contributed by atoms with Crippen LogP contribution >= 0.6 is 11.6 Å². The maximum atomic E-state index is 6.02. The van der Waals surface area contributed by atoms with E-state index in [0.717, 1.165) is 28.5 Å². The highest BCUT2D eigenvalue weighted by atomic mass is 35.5. The molecule has 0 aliphatic rings. The lowest BCUT2D eigenvalue weighted by atomic mass is 9.96. The predicted molar refractivity (Wildman–Crippen MR) is 86.4 cm³/mol. The molecule has 2 rings (SSSR count). The Balaban J connectivity index is 1.88. The van der Waals surface area contributed by atoms with E-state index in [9.17, 15) is 0 Å². The molecule has 2 aromatic rings. The topological polar surface area (TPSA) is 44.5 Å². The van der Waals surface area contributed by atoms with E-state index in [1.807, 2.05) is 42.5 Å². The predicted octanol–water partition coefficient (Wildman–Crippen LogP) is 3.86. The molecular weight excluding hydrogens is 286 g/mol. The van der Waals surface area contributed by atoms with Gasteiger partial charge in [0, 0.05) is 5.02 Å². The van der Waals surface area contributed by atoms with E-state index in [4.69, 9.17) is 26.8 Å². The average Bonchev–Trinajstić information content (AvgIpc) is 2.52. The molecule has 1 unspecified atom stereocenters. The maximum Gasteiger partial charge on any atom is 0.119 e. The summed E-state index contributed by atoms with van der Waals surface area (Å²) in [5.41, 5.74) is 7.01. The Morgan fingerprint density at radius 1 is 1.10 bits per heavy atom. The van der Waals surface area contributed by atoms with Crippen LogP contribution in [0, 0.1) is 0 Å². The second kappa shape index (κ2) is 7.91. The summed E-state index contributed by atoms with van der Waals surface area (Å²) in [5, 5.41) is 0.738. The van der Waals surface area contributed by atoms with Gasteiger partial charge >= 0.3 is 0 Å². The van der Waals surface area contributed by atoms with E-state index in [1.165, 1.54) is 0 Å². The molecule has 0 aliphatic carbocycles. The van der Waals surface area contributed by atoms with Gasteiger partial charge in [0.05, 0.1) is 13.7 Å². The molecule has 0 bridgehead atoms. The number of ether oxygens (including phenoxy) is 2. The van der Waals surface area contributed by atoms with Gasteiger partial charge < -0.3 is 15.2 Å². The SMILES string of the molecule is COc1ccc(OCCC(CN)c2cccc(Cl)c2)cc1. The number of hydrogen-bond acceptors (Lipinski definition) is 3. The first-order chi connectivity index (χ1) is 10.2. The second-order valence-electron chi connectivity index (χ2n) is 4.80. The Labute approximate surface area is 130 Å². The zero-order valence-corrected chi connectivity index (χ0v) is 12.8. The van der Waals surface area contributed by atoms with Gasteiger partial charge in [-0.3, -0.25) is 0 Å². The van der Waals surface area contributed by atoms with E-state index in [0.29, 0.717) is 13.2 Å². The molecule has 0 saturated carbocycles. The zero-order chi connectivity index (χ0) is 15.1. The monoisotopic (exact) mass is 305 g/mol. The number of methoxy groups -OCH3 is 1. The lowest BCUT2D eigenvalue weighted by Crippen LogP contribution is -2.15. The van der Waals surface area contributed by atoms with E-state index >= 15 is 0 Å². The Hall–Kier alpha value is -1.71. The Kier molecular flexibility index (Phi) is 5.90. The quantitative estimate of drug-likeness (QED) is 0.845. The van der Waals surface area contributed by atoms with Gasteiger partial charge in [0.1, 0.15) is 11.5 Å². The summed E-state index contributed by atoms with van der Waals surface area (Å²) in [6, 6.07) is 15.4. The molecule has 21 heavy (non-hydrogen) atoms. The molecule has 3 nitrogen and oxygen atoms in total. The van der Waals surface area contributed by atoms with Crippen molar-refractivity contribution in [1.82, 2.24) is 0 Å². The summed E-state index contributed by atoms with van der Waals surface area (Å²) in [6.45, 7) is 1.19. The highest BCUT2D eigenvalue weighted by Gasteiger charge is 2.10. The number of benzene rings is 2. The van der Waals surface area contributed by atoms with Crippen molar-refractivity contribution in [2.24, 2.45) is 5.73 Å². The van der Waals surface area contributed by atoms with Crippen molar-refractivity contribution in [2.45, 2.75) is 12.3 Å². The van der Waals surface area contributed by atoms with Crippen LogP contribution in [0.5, 0.6) is 11.5 Å². The zero-order valence-electron chi connectivity index (χ0n) is 12.1. The van der Waals surface area contributed by atoms with Gasteiger partial charge in [0.15, 0.2) is 0 Å². The average molecular weight is 306 g/mol. The van der Waals surface area contributed by atoms with Gasteiger partial charge in [0.2, 0.25) is 0 Å². The van der Waals surface area contributed by atoms with E-state index < -0.39 is 0 Å². The molecule has 0 fully saturated rings. The molecule has 1 atom stereocenters. The highest BCUT2D eigenvalue weighted by Crippen LogP contribution is 2.23. The lowest BCUT2D eigenvalue weighted by molar-refractivity contribution is 0.297. The molecule has 4 heteroatoms. The fourth-order valence-electron chi connectivity index (χ4n) is 2.17. The second-order valence-corrected chi connectivity index (χ2v) is 5.24. The summed E-state index contributed by atoms with van der Waals surface area (Å²) in [7, 11) is 1.65. The third-order valence-corrected chi connectivity index (χ3v) is 3.63. The lowest BCUT2D eigenvalue weighted by Gasteiger charge is -2.16. The van der Waals surface area contributed by atoms with E-state index in [-0.39, 0.29) is 5.92 Å². The first-order valence-corrected chi connectivity index (χ1v) is 7.33. The van der Waals surface area contributed by atoms with Crippen LogP contribution in [-0.2, 0) is 0 Å². The minimum absolute atomic E-state index is 0.252. The third kappa shape index (κ3) is 4.66. The van der Waals surface area contributed by atoms with Crippen LogP contribution in [0.3, 0.4) is 0 Å². The summed E-state index contributed by atoms with van der Waals surface area (Å²) < 4.78 is 10.9. The molecule has 0 saturated heterocycles. The molecule has 2 aromatic carbocycles. The Morgan fingerprint density at radius 3 is 2.43 bits per heavy atom. The van der Waals surface area contributed by atoms with Crippen LogP contribution in [0.2, 0.25) is 5.02 Å². The Bertz CT molecular complexity index is 557. The number of hydrogen-bond donors (Lipinski definition) is 1. The fourth-order valence-corrected chi connectivity index (χ4v) is 2.37. The molecule has 0 amide bonds. The summed E-state index contributed by atoms with van der Waals surface area (Å²) >= 11 is 6.02. The fraction of sp³-hybridized carbons (Fsp3) is 0.294. The molecule has 0 aromatic heterocycles. The van der Waals surface area contributed by atoms with Crippen molar-refractivity contribution < 1.29 is 9.47 Å². The van der Waals surface area contributed by atoms with Crippen LogP contribution in [0.25, 0.3) is 0 Å². The minimum atomic E-state index is 0.252. The minimum Gasteiger partial charge on any atom is -0.497 e. The smallest absolute Gasteiger partial charge is 0.119 e. The van der Waals surface area contributed by atoms with Crippen molar-refractivity contribution in [2.75, 3.05) is 20.3 Å². The standard InChI is InChI=1S/C17H20ClNO2/c1-20-16-5-7-17(8-6-16)21-10-9-14(12-19)13-3-2-4-15(18)11-13/h2-8,11,14H,9-10,12,19H2,1H3. The molecule has 2 N–H and O–H groups in total. The molecule has 0 radical (unpaired) electrons. The van der Waals surface area contributed by atoms with Crippen molar-refractivity contribution in [3.8, 4) is 11.5 Å². The van der Waals surface area contributed by atoms with Gasteiger partial charge in [-0.2, -0.15) is 0 Å². The summed E-state index contributed by atoms with van der Waals surface area (Å²) in [5.74, 6) is 1.90. The van der Waals surface area contributed by atoms with Crippen molar-refractivity contribution >= 4 is 11.6 Å². The van der Waals surface area contributed by atoms with Crippen LogP contribution in [0.1, 0.15) is 17.9 Å². The van der Waals surface area contributed by atoms with Crippen molar-refractivity contribution in [3.63, 3.8) is 0 Å². The van der Waals surface area contributed by atoms with Crippen molar-refractivity contribution in [1.29, 1.82) is 0 Å². The first kappa shape index (κ1) is 15.7. The summed E-state index contributed by atoms with van der Waals surface area (Å²) in [6.07, 6.45) is 0.850. The third-order valence-electron chi connectivity index (χ3n) is 3.40. The van der Waals surface area contributed by atoms with E-state index in [1.54, 1.807) is 7.11 Å². The summed E-state index contributed by atoms with van der Waals surface area (Å²) in [4.78, 5) is 0. The van der Waals surface area contributed by atoms with Crippen LogP contribution < -0.4 is 15.2 Å².